The number of fused-ring (bicyclic) bond motifs is 1. The highest BCUT2D eigenvalue weighted by Gasteiger charge is 2.52. The molecule has 34 heavy (non-hydrogen) atoms. The number of likely N-dealkylation sites (tertiary alicyclic amines) is 1. The molecule has 0 atom stereocenters. The van der Waals surface area contributed by atoms with Crippen molar-refractivity contribution in [3.8, 4) is 0 Å². The number of nitrogens with zero attached hydrogens (tertiary/aromatic N) is 3. The minimum atomic E-state index is -4.49. The predicted molar refractivity (Wildman–Crippen MR) is 118 cm³/mol. The molecule has 2 fully saturated rings. The van der Waals surface area contributed by atoms with Gasteiger partial charge in [-0.3, -0.25) is 9.78 Å². The van der Waals surface area contributed by atoms with Crippen molar-refractivity contribution in [2.75, 3.05) is 19.6 Å². The number of carbonyl (C=O) groups excluding carboxylic acids is 2. The van der Waals surface area contributed by atoms with Gasteiger partial charge in [0.05, 0.1) is 11.1 Å². The molecule has 3 aliphatic heterocycles. The Kier molecular flexibility index (Phi) is 5.94. The molecule has 184 valence electrons. The lowest BCUT2D eigenvalue weighted by Gasteiger charge is -2.44. The third kappa shape index (κ3) is 4.12. The Morgan fingerprint density at radius 3 is 2.53 bits per heavy atom. The van der Waals surface area contributed by atoms with Crippen molar-refractivity contribution in [2.45, 2.75) is 82.7 Å². The molecule has 1 saturated carbocycles. The number of piperidine rings is 1. The zero-order valence-electron chi connectivity index (χ0n) is 19.4. The Morgan fingerprint density at radius 1 is 1.15 bits per heavy atom. The van der Waals surface area contributed by atoms with Crippen molar-refractivity contribution in [3.63, 3.8) is 0 Å². The fraction of sp³-hybridized carbons (Fsp3) is 0.640. The van der Waals surface area contributed by atoms with Crippen LogP contribution in [0.25, 0.3) is 0 Å². The summed E-state index contributed by atoms with van der Waals surface area (Å²) in [5.74, 6) is -0.773. The maximum Gasteiger partial charge on any atom is 0.417 e. The average molecular weight is 478 g/mol. The number of halogens is 3. The highest BCUT2D eigenvalue weighted by molar-refractivity contribution is 6.07. The van der Waals surface area contributed by atoms with Gasteiger partial charge in [0.25, 0.3) is 5.91 Å². The fourth-order valence-electron chi connectivity index (χ4n) is 6.07. The SMILES string of the molecule is CC1=C(C(=O)N2CCc3ncc(C(F)(F)F)cc3C2)C2(CCN(C3CCCCC3)CC2)OC1=O. The van der Waals surface area contributed by atoms with Crippen LogP contribution in [0.15, 0.2) is 23.4 Å². The first-order chi connectivity index (χ1) is 16.2. The summed E-state index contributed by atoms with van der Waals surface area (Å²) in [6, 6.07) is 1.64. The summed E-state index contributed by atoms with van der Waals surface area (Å²) in [5.41, 5.74) is -0.0540. The van der Waals surface area contributed by atoms with E-state index in [-0.39, 0.29) is 12.5 Å². The van der Waals surface area contributed by atoms with Crippen LogP contribution in [0.1, 0.15) is 68.7 Å². The molecule has 0 unspecified atom stereocenters. The topological polar surface area (TPSA) is 62.7 Å². The van der Waals surface area contributed by atoms with Crippen LogP contribution in [0.2, 0.25) is 0 Å². The fourth-order valence-corrected chi connectivity index (χ4v) is 6.07. The molecule has 1 saturated heterocycles. The summed E-state index contributed by atoms with van der Waals surface area (Å²) in [6.45, 7) is 3.55. The molecule has 1 aromatic rings. The number of esters is 1. The van der Waals surface area contributed by atoms with Crippen LogP contribution in [0, 0.1) is 0 Å². The smallest absolute Gasteiger partial charge is 0.417 e. The molecule has 5 rings (SSSR count). The zero-order valence-corrected chi connectivity index (χ0v) is 19.4. The molecule has 1 aromatic heterocycles. The van der Waals surface area contributed by atoms with Crippen LogP contribution in [-0.4, -0.2) is 57.9 Å². The normalized spacial score (nSPS) is 23.9. The molecule has 1 aliphatic carbocycles. The van der Waals surface area contributed by atoms with E-state index in [0.717, 1.165) is 25.4 Å². The zero-order chi connectivity index (χ0) is 24.1. The monoisotopic (exact) mass is 477 g/mol. The highest BCUT2D eigenvalue weighted by Crippen LogP contribution is 2.43. The Hall–Kier alpha value is -2.42. The van der Waals surface area contributed by atoms with Crippen LogP contribution in [0.4, 0.5) is 13.2 Å². The lowest BCUT2D eigenvalue weighted by molar-refractivity contribution is -0.152. The third-order valence-electron chi connectivity index (χ3n) is 7.99. The van der Waals surface area contributed by atoms with E-state index in [4.69, 9.17) is 4.74 Å². The molecular formula is C25H30F3N3O3. The Labute approximate surface area is 197 Å². The van der Waals surface area contributed by atoms with E-state index in [0.29, 0.717) is 54.3 Å². The molecule has 0 N–H and O–H groups in total. The molecule has 4 heterocycles. The second-order valence-corrected chi connectivity index (χ2v) is 10.0. The van der Waals surface area contributed by atoms with Gasteiger partial charge in [-0.15, -0.1) is 0 Å². The molecule has 1 spiro atoms. The Bertz CT molecular complexity index is 1020. The summed E-state index contributed by atoms with van der Waals surface area (Å²) in [7, 11) is 0. The summed E-state index contributed by atoms with van der Waals surface area (Å²) in [6.07, 6.45) is 4.01. The largest absolute Gasteiger partial charge is 0.450 e. The summed E-state index contributed by atoms with van der Waals surface area (Å²) in [4.78, 5) is 34.3. The summed E-state index contributed by atoms with van der Waals surface area (Å²) in [5, 5.41) is 0. The van der Waals surface area contributed by atoms with Crippen molar-refractivity contribution in [2.24, 2.45) is 0 Å². The molecule has 1 amide bonds. The number of amides is 1. The number of alkyl halides is 3. The van der Waals surface area contributed by atoms with E-state index in [1.165, 1.54) is 32.1 Å². The van der Waals surface area contributed by atoms with Gasteiger partial charge in [0, 0.05) is 68.9 Å². The van der Waals surface area contributed by atoms with Gasteiger partial charge in [-0.05, 0) is 31.4 Å². The number of rotatable bonds is 2. The first-order valence-corrected chi connectivity index (χ1v) is 12.2. The quantitative estimate of drug-likeness (QED) is 0.602. The van der Waals surface area contributed by atoms with E-state index in [1.807, 2.05) is 0 Å². The lowest BCUT2D eigenvalue weighted by atomic mass is 9.81. The van der Waals surface area contributed by atoms with Crippen LogP contribution in [0.3, 0.4) is 0 Å². The molecule has 9 heteroatoms. The van der Waals surface area contributed by atoms with Crippen molar-refractivity contribution < 1.29 is 27.5 Å². The molecular weight excluding hydrogens is 447 g/mol. The van der Waals surface area contributed by atoms with Crippen LogP contribution < -0.4 is 0 Å². The maximum atomic E-state index is 13.7. The molecule has 0 aromatic carbocycles. The standard InChI is InChI=1S/C25H30F3N3O3/c1-16-21(22(32)31-10-7-20-17(15-31)13-18(14-29-20)25(26,27)28)24(34-23(16)33)8-11-30(12-9-24)19-5-3-2-4-6-19/h13-14,19H,2-12,15H2,1H3. The highest BCUT2D eigenvalue weighted by atomic mass is 19.4. The lowest BCUT2D eigenvalue weighted by Crippen LogP contribution is -2.52. The molecule has 0 bridgehead atoms. The maximum absolute atomic E-state index is 13.7. The van der Waals surface area contributed by atoms with Gasteiger partial charge < -0.3 is 14.5 Å². The Balaban J connectivity index is 1.35. The summed E-state index contributed by atoms with van der Waals surface area (Å²) < 4.78 is 45.4. The molecule has 6 nitrogen and oxygen atoms in total. The molecule has 0 radical (unpaired) electrons. The van der Waals surface area contributed by atoms with Gasteiger partial charge in [0.1, 0.15) is 5.60 Å². The molecule has 4 aliphatic rings. The minimum absolute atomic E-state index is 0.0420. The van der Waals surface area contributed by atoms with Crippen molar-refractivity contribution in [3.05, 3.63) is 40.2 Å². The second kappa shape index (κ2) is 8.66. The number of pyridine rings is 1. The van der Waals surface area contributed by atoms with E-state index >= 15 is 0 Å². The van der Waals surface area contributed by atoms with E-state index in [2.05, 4.69) is 9.88 Å². The van der Waals surface area contributed by atoms with Crippen molar-refractivity contribution in [1.82, 2.24) is 14.8 Å². The van der Waals surface area contributed by atoms with Crippen LogP contribution in [-0.2, 0) is 33.5 Å². The first-order valence-electron chi connectivity index (χ1n) is 12.2. The second-order valence-electron chi connectivity index (χ2n) is 10.0. The average Bonchev–Trinajstić information content (AvgIpc) is 3.07. The summed E-state index contributed by atoms with van der Waals surface area (Å²) >= 11 is 0. The van der Waals surface area contributed by atoms with Crippen LogP contribution in [0.5, 0.6) is 0 Å². The van der Waals surface area contributed by atoms with Gasteiger partial charge >= 0.3 is 12.1 Å². The Morgan fingerprint density at radius 2 is 1.85 bits per heavy atom. The third-order valence-corrected chi connectivity index (χ3v) is 7.99. The number of aromatic nitrogens is 1. The van der Waals surface area contributed by atoms with Gasteiger partial charge in [0.2, 0.25) is 0 Å². The van der Waals surface area contributed by atoms with Crippen LogP contribution >= 0.6 is 0 Å². The van der Waals surface area contributed by atoms with Gasteiger partial charge in [-0.2, -0.15) is 13.2 Å². The minimum Gasteiger partial charge on any atom is -0.450 e. The van der Waals surface area contributed by atoms with Gasteiger partial charge in [0.15, 0.2) is 0 Å². The van der Waals surface area contributed by atoms with E-state index in [9.17, 15) is 22.8 Å². The van der Waals surface area contributed by atoms with E-state index in [1.54, 1.807) is 11.8 Å². The van der Waals surface area contributed by atoms with Gasteiger partial charge in [-0.1, -0.05) is 19.3 Å². The predicted octanol–water partition coefficient (Wildman–Crippen LogP) is 4.03. The number of carbonyl (C=O) groups is 2. The van der Waals surface area contributed by atoms with Gasteiger partial charge in [-0.25, -0.2) is 4.79 Å². The van der Waals surface area contributed by atoms with Crippen molar-refractivity contribution in [1.29, 1.82) is 0 Å². The number of hydrogen-bond acceptors (Lipinski definition) is 5. The first kappa shape index (κ1) is 23.3. The number of hydrogen-bond donors (Lipinski definition) is 0. The number of ether oxygens (including phenoxy) is 1. The van der Waals surface area contributed by atoms with E-state index < -0.39 is 23.3 Å². The van der Waals surface area contributed by atoms with Crippen molar-refractivity contribution >= 4 is 11.9 Å².